The van der Waals surface area contributed by atoms with Crippen LogP contribution in [0.25, 0.3) is 0 Å². The molecule has 0 bridgehead atoms. The Balaban J connectivity index is 1.85. The second-order valence-electron chi connectivity index (χ2n) is 6.34. The molecule has 28 heavy (non-hydrogen) atoms. The largest absolute Gasteiger partial charge is 0.484 e. The fourth-order valence-electron chi connectivity index (χ4n) is 2.41. The molecule has 1 atom stereocenters. The van der Waals surface area contributed by atoms with Gasteiger partial charge in [-0.15, -0.1) is 0 Å². The zero-order chi connectivity index (χ0) is 20.4. The number of ether oxygens (including phenoxy) is 2. The van der Waals surface area contributed by atoms with Crippen molar-refractivity contribution in [2.24, 2.45) is 5.10 Å². The molecule has 0 aliphatic carbocycles. The highest BCUT2D eigenvalue weighted by Gasteiger charge is 2.19. The third-order valence-corrected chi connectivity index (χ3v) is 3.66. The highest BCUT2D eigenvalue weighted by atomic mass is 16.5. The molecule has 2 aromatic rings. The Kier molecular flexibility index (Phi) is 8.17. The number of hydrazone groups is 1. The van der Waals surface area contributed by atoms with Crippen LogP contribution < -0.4 is 15.5 Å². The first kappa shape index (κ1) is 21.1. The first-order valence-corrected chi connectivity index (χ1v) is 8.92. The molecule has 0 saturated carbocycles. The molecule has 2 rings (SSSR count). The Morgan fingerprint density at radius 2 is 1.75 bits per heavy atom. The van der Waals surface area contributed by atoms with E-state index in [9.17, 15) is 9.59 Å². The van der Waals surface area contributed by atoms with Gasteiger partial charge in [0.05, 0.1) is 6.21 Å². The lowest BCUT2D eigenvalue weighted by molar-refractivity contribution is -0.131. The lowest BCUT2D eigenvalue weighted by atomic mass is 10.1. The minimum atomic E-state index is -0.730. The third-order valence-electron chi connectivity index (χ3n) is 3.66. The molecule has 2 aromatic carbocycles. The number of carbonyl (C=O) groups is 2. The summed E-state index contributed by atoms with van der Waals surface area (Å²) in [7, 11) is 1.47. The Morgan fingerprint density at radius 1 is 1.07 bits per heavy atom. The second kappa shape index (κ2) is 10.8. The first-order valence-electron chi connectivity index (χ1n) is 8.92. The second-order valence-corrected chi connectivity index (χ2v) is 6.34. The number of rotatable bonds is 9. The number of carbonyl (C=O) groups excluding carboxylic acids is 2. The van der Waals surface area contributed by atoms with Gasteiger partial charge in [0.1, 0.15) is 5.75 Å². The van der Waals surface area contributed by atoms with E-state index in [2.05, 4.69) is 15.8 Å². The van der Waals surface area contributed by atoms with Gasteiger partial charge < -0.3 is 14.8 Å². The molecule has 0 aromatic heterocycles. The van der Waals surface area contributed by atoms with E-state index >= 15 is 0 Å². The Labute approximate surface area is 164 Å². The van der Waals surface area contributed by atoms with Crippen molar-refractivity contribution in [2.45, 2.75) is 26.0 Å². The molecule has 2 N–H and O–H groups in total. The van der Waals surface area contributed by atoms with Crippen LogP contribution in [0.15, 0.2) is 59.7 Å². The van der Waals surface area contributed by atoms with Crippen LogP contribution >= 0.6 is 0 Å². The summed E-state index contributed by atoms with van der Waals surface area (Å²) >= 11 is 0. The predicted molar refractivity (Wildman–Crippen MR) is 107 cm³/mol. The predicted octanol–water partition coefficient (Wildman–Crippen LogP) is 2.43. The highest BCUT2D eigenvalue weighted by molar-refractivity contribution is 5.85. The Hall–Kier alpha value is -3.19. The molecule has 0 aliphatic rings. The third kappa shape index (κ3) is 6.85. The molecule has 7 heteroatoms. The van der Waals surface area contributed by atoms with E-state index in [0.717, 1.165) is 11.1 Å². The van der Waals surface area contributed by atoms with Crippen molar-refractivity contribution in [3.8, 4) is 5.75 Å². The van der Waals surface area contributed by atoms with Gasteiger partial charge in [0.25, 0.3) is 11.8 Å². The molecule has 0 heterocycles. The van der Waals surface area contributed by atoms with E-state index in [-0.39, 0.29) is 24.5 Å². The maximum absolute atomic E-state index is 12.2. The van der Waals surface area contributed by atoms with Crippen LogP contribution in [0.4, 0.5) is 0 Å². The zero-order valence-electron chi connectivity index (χ0n) is 16.2. The van der Waals surface area contributed by atoms with Crippen molar-refractivity contribution >= 4 is 18.0 Å². The smallest absolute Gasteiger partial charge is 0.273 e. The van der Waals surface area contributed by atoms with E-state index in [1.807, 2.05) is 44.2 Å². The molecule has 1 unspecified atom stereocenters. The number of benzene rings is 2. The van der Waals surface area contributed by atoms with Crippen LogP contribution in [0.3, 0.4) is 0 Å². The SMILES string of the molecule is COC(C(=O)N/N=C/c1ccc(OCC(=O)NC(C)C)cc1)c1ccccc1. The highest BCUT2D eigenvalue weighted by Crippen LogP contribution is 2.16. The van der Waals surface area contributed by atoms with Crippen molar-refractivity contribution in [3.63, 3.8) is 0 Å². The lowest BCUT2D eigenvalue weighted by Gasteiger charge is -2.13. The Bertz CT molecular complexity index is 789. The maximum atomic E-state index is 12.2. The molecule has 148 valence electrons. The molecule has 0 radical (unpaired) electrons. The van der Waals surface area contributed by atoms with Gasteiger partial charge in [-0.05, 0) is 49.2 Å². The Morgan fingerprint density at radius 3 is 2.36 bits per heavy atom. The van der Waals surface area contributed by atoms with Gasteiger partial charge in [-0.1, -0.05) is 30.3 Å². The van der Waals surface area contributed by atoms with Crippen molar-refractivity contribution in [1.29, 1.82) is 0 Å². The minimum Gasteiger partial charge on any atom is -0.484 e. The summed E-state index contributed by atoms with van der Waals surface area (Å²) in [6, 6.07) is 16.3. The summed E-state index contributed by atoms with van der Waals surface area (Å²) in [6.45, 7) is 3.73. The van der Waals surface area contributed by atoms with Crippen LogP contribution in [0.5, 0.6) is 5.75 Å². The van der Waals surface area contributed by atoms with Crippen molar-refractivity contribution < 1.29 is 19.1 Å². The van der Waals surface area contributed by atoms with Crippen LogP contribution in [-0.4, -0.2) is 37.8 Å². The van der Waals surface area contributed by atoms with Crippen molar-refractivity contribution in [2.75, 3.05) is 13.7 Å². The van der Waals surface area contributed by atoms with Gasteiger partial charge in [-0.25, -0.2) is 5.43 Å². The van der Waals surface area contributed by atoms with E-state index in [4.69, 9.17) is 9.47 Å². The van der Waals surface area contributed by atoms with Crippen LogP contribution in [0.2, 0.25) is 0 Å². The average Bonchev–Trinajstić information content (AvgIpc) is 2.68. The number of amides is 2. The van der Waals surface area contributed by atoms with Gasteiger partial charge >= 0.3 is 0 Å². The van der Waals surface area contributed by atoms with E-state index in [0.29, 0.717) is 5.75 Å². The molecular formula is C21H25N3O4. The minimum absolute atomic E-state index is 0.0421. The topological polar surface area (TPSA) is 89.0 Å². The fraction of sp³-hybridized carbons (Fsp3) is 0.286. The molecule has 0 saturated heterocycles. The fourth-order valence-corrected chi connectivity index (χ4v) is 2.41. The van der Waals surface area contributed by atoms with Crippen LogP contribution in [0, 0.1) is 0 Å². The van der Waals surface area contributed by atoms with Gasteiger partial charge in [-0.3, -0.25) is 9.59 Å². The number of methoxy groups -OCH3 is 1. The van der Waals surface area contributed by atoms with Gasteiger partial charge in [0.2, 0.25) is 0 Å². The van der Waals surface area contributed by atoms with E-state index in [1.165, 1.54) is 13.3 Å². The van der Waals surface area contributed by atoms with Crippen molar-refractivity contribution in [1.82, 2.24) is 10.7 Å². The molecule has 2 amide bonds. The molecular weight excluding hydrogens is 358 g/mol. The summed E-state index contributed by atoms with van der Waals surface area (Å²) in [5.74, 6) is 0.0409. The summed E-state index contributed by atoms with van der Waals surface area (Å²) in [6.07, 6.45) is 0.788. The molecule has 0 spiro atoms. The van der Waals surface area contributed by atoms with E-state index < -0.39 is 6.10 Å². The average molecular weight is 383 g/mol. The summed E-state index contributed by atoms with van der Waals surface area (Å²) < 4.78 is 10.7. The standard InChI is InChI=1S/C21H25N3O4/c1-15(2)23-19(25)14-28-18-11-9-16(10-12-18)13-22-24-21(26)20(27-3)17-7-5-4-6-8-17/h4-13,15,20H,14H2,1-3H3,(H,23,25)(H,24,26)/b22-13+. The van der Waals surface area contributed by atoms with Crippen LogP contribution in [0.1, 0.15) is 31.1 Å². The first-order chi connectivity index (χ1) is 13.5. The number of hydrogen-bond donors (Lipinski definition) is 2. The molecule has 7 nitrogen and oxygen atoms in total. The van der Waals surface area contributed by atoms with Crippen molar-refractivity contribution in [3.05, 3.63) is 65.7 Å². The van der Waals surface area contributed by atoms with Gasteiger partial charge in [0, 0.05) is 13.2 Å². The summed E-state index contributed by atoms with van der Waals surface area (Å²) in [5, 5.41) is 6.72. The quantitative estimate of drug-likeness (QED) is 0.514. The lowest BCUT2D eigenvalue weighted by Crippen LogP contribution is -2.34. The summed E-state index contributed by atoms with van der Waals surface area (Å²) in [5.41, 5.74) is 4.00. The number of hydrogen-bond acceptors (Lipinski definition) is 5. The van der Waals surface area contributed by atoms with Crippen LogP contribution in [-0.2, 0) is 14.3 Å². The maximum Gasteiger partial charge on any atom is 0.273 e. The monoisotopic (exact) mass is 383 g/mol. The normalized spacial score (nSPS) is 12.0. The van der Waals surface area contributed by atoms with Gasteiger partial charge in [0.15, 0.2) is 12.7 Å². The summed E-state index contributed by atoms with van der Waals surface area (Å²) in [4.78, 5) is 23.8. The van der Waals surface area contributed by atoms with E-state index in [1.54, 1.807) is 24.3 Å². The zero-order valence-corrected chi connectivity index (χ0v) is 16.2. The molecule has 0 fully saturated rings. The molecule has 0 aliphatic heterocycles. The number of nitrogens with zero attached hydrogens (tertiary/aromatic N) is 1. The number of nitrogens with one attached hydrogen (secondary N) is 2. The van der Waals surface area contributed by atoms with Gasteiger partial charge in [-0.2, -0.15) is 5.10 Å².